The lowest BCUT2D eigenvalue weighted by Gasteiger charge is -2.07. The lowest BCUT2D eigenvalue weighted by molar-refractivity contribution is -0.121. The molecule has 154 valence electrons. The van der Waals surface area contributed by atoms with Crippen LogP contribution in [0.15, 0.2) is 50.8 Å². The molecule has 0 radical (unpaired) electrons. The fourth-order valence-corrected chi connectivity index (χ4v) is 3.17. The molecule has 0 spiro atoms. The number of hydrogen-bond acceptors (Lipinski definition) is 6. The van der Waals surface area contributed by atoms with Crippen LogP contribution in [0.1, 0.15) is 11.3 Å². The molecule has 0 unspecified atom stereocenters. The molecule has 4 aromatic rings. The molecule has 3 aromatic heterocycles. The van der Waals surface area contributed by atoms with Crippen LogP contribution in [0.4, 0.5) is 0 Å². The van der Waals surface area contributed by atoms with E-state index in [2.05, 4.69) is 15.5 Å². The van der Waals surface area contributed by atoms with E-state index in [0.29, 0.717) is 11.5 Å². The van der Waals surface area contributed by atoms with E-state index in [4.69, 9.17) is 4.52 Å². The summed E-state index contributed by atoms with van der Waals surface area (Å²) in [6.07, 6.45) is 1.37. The SMILES string of the molecule is Cc1ccc(-c2cc(CNC(=O)Cn3cnc4c3c(=O)n(C)c(=O)n4C)no2)cc1. The van der Waals surface area contributed by atoms with Crippen LogP contribution in [0.25, 0.3) is 22.5 Å². The van der Waals surface area contributed by atoms with Crippen LogP contribution >= 0.6 is 0 Å². The van der Waals surface area contributed by atoms with Crippen LogP contribution in [0.5, 0.6) is 0 Å². The van der Waals surface area contributed by atoms with E-state index in [9.17, 15) is 14.4 Å². The summed E-state index contributed by atoms with van der Waals surface area (Å²) in [4.78, 5) is 40.9. The zero-order valence-corrected chi connectivity index (χ0v) is 16.7. The number of hydrogen-bond donors (Lipinski definition) is 1. The minimum atomic E-state index is -0.502. The second kappa shape index (κ2) is 7.47. The van der Waals surface area contributed by atoms with Crippen LogP contribution in [0.2, 0.25) is 0 Å². The van der Waals surface area contributed by atoms with Gasteiger partial charge in [-0.05, 0) is 6.92 Å². The van der Waals surface area contributed by atoms with Crippen LogP contribution < -0.4 is 16.6 Å². The lowest BCUT2D eigenvalue weighted by atomic mass is 10.1. The van der Waals surface area contributed by atoms with Gasteiger partial charge >= 0.3 is 5.69 Å². The van der Waals surface area contributed by atoms with Gasteiger partial charge in [0.25, 0.3) is 5.56 Å². The molecule has 0 bridgehead atoms. The number of aromatic nitrogens is 5. The number of nitrogens with one attached hydrogen (secondary N) is 1. The van der Waals surface area contributed by atoms with Crippen molar-refractivity contribution < 1.29 is 9.32 Å². The van der Waals surface area contributed by atoms with Crippen LogP contribution in [0.3, 0.4) is 0 Å². The largest absolute Gasteiger partial charge is 0.356 e. The summed E-state index contributed by atoms with van der Waals surface area (Å²) in [6, 6.07) is 9.61. The molecule has 1 amide bonds. The topological polar surface area (TPSA) is 117 Å². The number of amides is 1. The number of benzene rings is 1. The molecule has 4 rings (SSSR count). The first-order valence-electron chi connectivity index (χ1n) is 9.25. The number of fused-ring (bicyclic) bond motifs is 1. The average molecular weight is 408 g/mol. The van der Waals surface area contributed by atoms with Crippen molar-refractivity contribution in [2.45, 2.75) is 20.0 Å². The van der Waals surface area contributed by atoms with Gasteiger partial charge in [0.2, 0.25) is 5.91 Å². The number of carbonyl (C=O) groups excluding carboxylic acids is 1. The second-order valence-electron chi connectivity index (χ2n) is 7.08. The number of rotatable bonds is 5. The molecule has 1 N–H and O–H groups in total. The van der Waals surface area contributed by atoms with Gasteiger partial charge in [0.1, 0.15) is 12.2 Å². The van der Waals surface area contributed by atoms with Crippen molar-refractivity contribution in [3.8, 4) is 11.3 Å². The quantitative estimate of drug-likeness (QED) is 0.520. The van der Waals surface area contributed by atoms with Gasteiger partial charge in [-0.2, -0.15) is 0 Å². The van der Waals surface area contributed by atoms with Gasteiger partial charge in [0.15, 0.2) is 16.9 Å². The molecule has 0 saturated heterocycles. The van der Waals surface area contributed by atoms with E-state index in [-0.39, 0.29) is 30.2 Å². The maximum Gasteiger partial charge on any atom is 0.332 e. The maximum absolute atomic E-state index is 12.4. The average Bonchev–Trinajstić information content (AvgIpc) is 3.37. The molecule has 0 saturated carbocycles. The van der Waals surface area contributed by atoms with Crippen molar-refractivity contribution in [3.05, 3.63) is 68.8 Å². The van der Waals surface area contributed by atoms with Crippen LogP contribution in [0, 0.1) is 6.92 Å². The smallest absolute Gasteiger partial charge is 0.332 e. The van der Waals surface area contributed by atoms with E-state index < -0.39 is 11.2 Å². The molecule has 0 aliphatic heterocycles. The number of imidazole rings is 1. The third-order valence-electron chi connectivity index (χ3n) is 4.89. The molecule has 0 aliphatic rings. The zero-order chi connectivity index (χ0) is 21.4. The van der Waals surface area contributed by atoms with Gasteiger partial charge in [-0.1, -0.05) is 35.0 Å². The fraction of sp³-hybridized carbons (Fsp3) is 0.250. The molecule has 1 aromatic carbocycles. The van der Waals surface area contributed by atoms with Gasteiger partial charge in [0.05, 0.1) is 12.9 Å². The highest BCUT2D eigenvalue weighted by Gasteiger charge is 2.16. The van der Waals surface area contributed by atoms with Crippen molar-refractivity contribution in [1.29, 1.82) is 0 Å². The molecule has 0 fully saturated rings. The third-order valence-corrected chi connectivity index (χ3v) is 4.89. The van der Waals surface area contributed by atoms with Crippen molar-refractivity contribution >= 4 is 17.1 Å². The highest BCUT2D eigenvalue weighted by molar-refractivity contribution is 5.78. The maximum atomic E-state index is 12.4. The Kier molecular flexibility index (Phi) is 4.82. The first-order chi connectivity index (χ1) is 14.3. The summed E-state index contributed by atoms with van der Waals surface area (Å²) in [5.74, 6) is 0.286. The first-order valence-corrected chi connectivity index (χ1v) is 9.25. The molecule has 10 nitrogen and oxygen atoms in total. The summed E-state index contributed by atoms with van der Waals surface area (Å²) >= 11 is 0. The minimum Gasteiger partial charge on any atom is -0.356 e. The van der Waals surface area contributed by atoms with Crippen molar-refractivity contribution in [1.82, 2.24) is 29.2 Å². The minimum absolute atomic E-state index is 0.118. The molecule has 0 aliphatic carbocycles. The Hall–Kier alpha value is -3.95. The predicted octanol–water partition coefficient (Wildman–Crippen LogP) is 0.714. The zero-order valence-electron chi connectivity index (χ0n) is 16.7. The molecule has 3 heterocycles. The van der Waals surface area contributed by atoms with E-state index in [1.165, 1.54) is 29.6 Å². The number of carbonyl (C=O) groups is 1. The molecule has 30 heavy (non-hydrogen) atoms. The highest BCUT2D eigenvalue weighted by Crippen LogP contribution is 2.20. The van der Waals surface area contributed by atoms with Crippen molar-refractivity contribution in [3.63, 3.8) is 0 Å². The van der Waals surface area contributed by atoms with Gasteiger partial charge in [-0.25, -0.2) is 9.78 Å². The first kappa shape index (κ1) is 19.4. The Bertz CT molecular complexity index is 1360. The summed E-state index contributed by atoms with van der Waals surface area (Å²) in [5, 5.41) is 6.73. The Morgan fingerprint density at radius 1 is 1.13 bits per heavy atom. The van der Waals surface area contributed by atoms with Gasteiger partial charge in [-0.15, -0.1) is 0 Å². The van der Waals surface area contributed by atoms with Crippen LogP contribution in [-0.4, -0.2) is 29.7 Å². The Morgan fingerprint density at radius 2 is 1.87 bits per heavy atom. The Balaban J connectivity index is 1.47. The van der Waals surface area contributed by atoms with Gasteiger partial charge in [0, 0.05) is 25.7 Å². The predicted molar refractivity (Wildman–Crippen MR) is 109 cm³/mol. The number of aryl methyl sites for hydroxylation is 2. The fourth-order valence-electron chi connectivity index (χ4n) is 3.17. The Labute approximate surface area is 170 Å². The van der Waals surface area contributed by atoms with E-state index in [1.807, 2.05) is 31.2 Å². The molecular formula is C20H20N6O4. The van der Waals surface area contributed by atoms with Gasteiger partial charge in [-0.3, -0.25) is 18.7 Å². The van der Waals surface area contributed by atoms with E-state index >= 15 is 0 Å². The molecule has 0 atom stereocenters. The third kappa shape index (κ3) is 3.43. The summed E-state index contributed by atoms with van der Waals surface area (Å²) in [7, 11) is 2.91. The molecule has 10 heteroatoms. The number of nitrogens with zero attached hydrogens (tertiary/aromatic N) is 5. The normalized spacial score (nSPS) is 11.2. The van der Waals surface area contributed by atoms with Crippen molar-refractivity contribution in [2.75, 3.05) is 0 Å². The molecular weight excluding hydrogens is 388 g/mol. The van der Waals surface area contributed by atoms with E-state index in [1.54, 1.807) is 6.07 Å². The second-order valence-corrected chi connectivity index (χ2v) is 7.08. The van der Waals surface area contributed by atoms with Gasteiger partial charge < -0.3 is 14.4 Å². The van der Waals surface area contributed by atoms with Crippen LogP contribution in [-0.2, 0) is 32.0 Å². The highest BCUT2D eigenvalue weighted by atomic mass is 16.5. The Morgan fingerprint density at radius 3 is 2.60 bits per heavy atom. The van der Waals surface area contributed by atoms with E-state index in [0.717, 1.165) is 15.7 Å². The monoisotopic (exact) mass is 408 g/mol. The standard InChI is InChI=1S/C20H20N6O4/c1-12-4-6-13(7-5-12)15-8-14(23-30-15)9-21-16(27)10-26-11-22-18-17(26)19(28)25(3)20(29)24(18)2/h4-8,11H,9-10H2,1-3H3,(H,21,27). The van der Waals surface area contributed by atoms with Crippen molar-refractivity contribution in [2.24, 2.45) is 14.1 Å². The summed E-state index contributed by atoms with van der Waals surface area (Å²) in [6.45, 7) is 2.06. The summed E-state index contributed by atoms with van der Waals surface area (Å²) < 4.78 is 9.03. The summed E-state index contributed by atoms with van der Waals surface area (Å²) in [5.41, 5.74) is 2.07. The lowest BCUT2D eigenvalue weighted by Crippen LogP contribution is -2.38.